The molecule has 3 aromatic rings. The summed E-state index contributed by atoms with van der Waals surface area (Å²) < 4.78 is 0. The molecule has 0 radical (unpaired) electrons. The van der Waals surface area contributed by atoms with Crippen LogP contribution in [-0.4, -0.2) is 23.6 Å². The second-order valence-corrected chi connectivity index (χ2v) is 6.34. The molecule has 0 saturated heterocycles. The summed E-state index contributed by atoms with van der Waals surface area (Å²) in [5.41, 5.74) is 2.49. The summed E-state index contributed by atoms with van der Waals surface area (Å²) in [6.07, 6.45) is 2.51. The zero-order valence-corrected chi connectivity index (χ0v) is 14.9. The molecule has 0 aliphatic rings. The average molecular weight is 353 g/mol. The van der Waals surface area contributed by atoms with Crippen molar-refractivity contribution >= 4 is 23.2 Å². The number of halogens is 1. The molecule has 2 aromatic carbocycles. The Morgan fingerprint density at radius 2 is 1.72 bits per heavy atom. The number of aromatic nitrogens is 2. The molecule has 0 spiro atoms. The van der Waals surface area contributed by atoms with Crippen LogP contribution < -0.4 is 10.2 Å². The first-order valence-electron chi connectivity index (χ1n) is 8.26. The summed E-state index contributed by atoms with van der Waals surface area (Å²) in [6.45, 7) is 1.61. The minimum atomic E-state index is 0.763. The topological polar surface area (TPSA) is 41.0 Å². The third-order valence-electron chi connectivity index (χ3n) is 3.94. The Kier molecular flexibility index (Phi) is 5.86. The molecule has 0 bridgehead atoms. The molecule has 1 heterocycles. The summed E-state index contributed by atoms with van der Waals surface area (Å²) in [4.78, 5) is 10.8. The molecule has 0 fully saturated rings. The van der Waals surface area contributed by atoms with E-state index in [0.717, 1.165) is 36.2 Å². The van der Waals surface area contributed by atoms with E-state index in [-0.39, 0.29) is 0 Å². The number of benzene rings is 2. The minimum Gasteiger partial charge on any atom is -0.370 e. The van der Waals surface area contributed by atoms with Crippen LogP contribution in [0.3, 0.4) is 0 Å². The Balaban J connectivity index is 1.56. The van der Waals surface area contributed by atoms with Gasteiger partial charge in [-0.05, 0) is 29.7 Å². The highest BCUT2D eigenvalue weighted by atomic mass is 35.5. The van der Waals surface area contributed by atoms with Crippen LogP contribution in [0, 0.1) is 0 Å². The molecular weight excluding hydrogens is 332 g/mol. The second kappa shape index (κ2) is 8.49. The molecule has 3 rings (SSSR count). The molecule has 128 valence electrons. The van der Waals surface area contributed by atoms with Crippen molar-refractivity contribution in [2.75, 3.05) is 23.8 Å². The molecular formula is C20H21ClN4. The van der Waals surface area contributed by atoms with E-state index in [1.54, 1.807) is 6.33 Å². The van der Waals surface area contributed by atoms with Crippen molar-refractivity contribution in [1.29, 1.82) is 0 Å². The van der Waals surface area contributed by atoms with Crippen molar-refractivity contribution in [3.05, 3.63) is 83.1 Å². The molecule has 1 aromatic heterocycles. The lowest BCUT2D eigenvalue weighted by Crippen LogP contribution is -2.18. The van der Waals surface area contributed by atoms with Gasteiger partial charge in [-0.3, -0.25) is 0 Å². The minimum absolute atomic E-state index is 0.763. The first-order valence-corrected chi connectivity index (χ1v) is 8.64. The van der Waals surface area contributed by atoms with Crippen LogP contribution in [0.5, 0.6) is 0 Å². The molecule has 0 unspecified atom stereocenters. The number of rotatable bonds is 7. The lowest BCUT2D eigenvalue weighted by atomic mass is 10.1. The van der Waals surface area contributed by atoms with Crippen LogP contribution in [0.2, 0.25) is 5.02 Å². The maximum Gasteiger partial charge on any atom is 0.134 e. The van der Waals surface area contributed by atoms with Crippen molar-refractivity contribution in [3.63, 3.8) is 0 Å². The predicted octanol–water partition coefficient (Wildman–Crippen LogP) is 4.42. The number of hydrogen-bond acceptors (Lipinski definition) is 4. The Labute approximate surface area is 153 Å². The molecule has 0 saturated carbocycles. The van der Waals surface area contributed by atoms with E-state index < -0.39 is 0 Å². The van der Waals surface area contributed by atoms with Crippen LogP contribution in [0.4, 0.5) is 11.6 Å². The van der Waals surface area contributed by atoms with E-state index in [0.29, 0.717) is 0 Å². The van der Waals surface area contributed by atoms with Crippen LogP contribution in [-0.2, 0) is 13.0 Å². The molecule has 0 amide bonds. The highest BCUT2D eigenvalue weighted by Gasteiger charge is 2.05. The normalized spacial score (nSPS) is 10.5. The zero-order valence-electron chi connectivity index (χ0n) is 14.2. The zero-order chi connectivity index (χ0) is 17.5. The quantitative estimate of drug-likeness (QED) is 0.683. The van der Waals surface area contributed by atoms with Gasteiger partial charge in [0.2, 0.25) is 0 Å². The summed E-state index contributed by atoms with van der Waals surface area (Å²) in [7, 11) is 2.03. The molecule has 4 nitrogen and oxygen atoms in total. The van der Waals surface area contributed by atoms with Gasteiger partial charge < -0.3 is 10.2 Å². The van der Waals surface area contributed by atoms with Crippen LogP contribution in [0.15, 0.2) is 67.0 Å². The Hall–Kier alpha value is -2.59. The van der Waals surface area contributed by atoms with E-state index in [1.807, 2.05) is 55.6 Å². The van der Waals surface area contributed by atoms with Crippen LogP contribution >= 0.6 is 11.6 Å². The molecule has 0 aliphatic heterocycles. The Bertz CT molecular complexity index is 790. The lowest BCUT2D eigenvalue weighted by molar-refractivity contribution is 0.889. The number of nitrogens with zero attached hydrogens (tertiary/aromatic N) is 3. The van der Waals surface area contributed by atoms with Gasteiger partial charge in [0.05, 0.1) is 0 Å². The molecule has 5 heteroatoms. The van der Waals surface area contributed by atoms with Gasteiger partial charge in [-0.1, -0.05) is 54.1 Å². The van der Waals surface area contributed by atoms with Gasteiger partial charge in [0, 0.05) is 31.2 Å². The molecule has 0 aliphatic carbocycles. The van der Waals surface area contributed by atoms with Crippen molar-refractivity contribution in [3.8, 4) is 0 Å². The van der Waals surface area contributed by atoms with Gasteiger partial charge in [0.1, 0.15) is 18.0 Å². The summed E-state index contributed by atoms with van der Waals surface area (Å²) in [5, 5.41) is 4.12. The average Bonchev–Trinajstić information content (AvgIpc) is 2.64. The fourth-order valence-electron chi connectivity index (χ4n) is 2.58. The van der Waals surface area contributed by atoms with Gasteiger partial charge in [0.15, 0.2) is 0 Å². The van der Waals surface area contributed by atoms with Gasteiger partial charge in [-0.2, -0.15) is 0 Å². The van der Waals surface area contributed by atoms with E-state index in [9.17, 15) is 0 Å². The van der Waals surface area contributed by atoms with Gasteiger partial charge >= 0.3 is 0 Å². The smallest absolute Gasteiger partial charge is 0.134 e. The summed E-state index contributed by atoms with van der Waals surface area (Å²) in [5.74, 6) is 1.73. The summed E-state index contributed by atoms with van der Waals surface area (Å²) in [6, 6.07) is 20.2. The fourth-order valence-corrected chi connectivity index (χ4v) is 2.70. The van der Waals surface area contributed by atoms with Crippen molar-refractivity contribution in [2.24, 2.45) is 0 Å². The highest BCUT2D eigenvalue weighted by molar-refractivity contribution is 6.30. The van der Waals surface area contributed by atoms with E-state index in [4.69, 9.17) is 11.6 Å². The Morgan fingerprint density at radius 3 is 2.48 bits per heavy atom. The summed E-state index contributed by atoms with van der Waals surface area (Å²) >= 11 is 5.91. The van der Waals surface area contributed by atoms with Gasteiger partial charge in [-0.25, -0.2) is 9.97 Å². The molecule has 25 heavy (non-hydrogen) atoms. The maximum absolute atomic E-state index is 5.91. The number of nitrogens with one attached hydrogen (secondary N) is 1. The lowest BCUT2D eigenvalue weighted by Gasteiger charge is -2.18. The maximum atomic E-state index is 5.91. The van der Waals surface area contributed by atoms with Crippen LogP contribution in [0.1, 0.15) is 11.1 Å². The largest absolute Gasteiger partial charge is 0.370 e. The Morgan fingerprint density at radius 1 is 0.960 bits per heavy atom. The predicted molar refractivity (Wildman–Crippen MR) is 104 cm³/mol. The SMILES string of the molecule is CN(Cc1ccccc1)c1cc(NCCc2ccc(Cl)cc2)ncn1. The fraction of sp³-hybridized carbons (Fsp3) is 0.200. The van der Waals surface area contributed by atoms with Gasteiger partial charge in [-0.15, -0.1) is 0 Å². The van der Waals surface area contributed by atoms with Gasteiger partial charge in [0.25, 0.3) is 0 Å². The first kappa shape index (κ1) is 17.2. The highest BCUT2D eigenvalue weighted by Crippen LogP contribution is 2.16. The third-order valence-corrected chi connectivity index (χ3v) is 4.19. The van der Waals surface area contributed by atoms with E-state index in [2.05, 4.69) is 32.3 Å². The monoisotopic (exact) mass is 352 g/mol. The van der Waals surface area contributed by atoms with E-state index >= 15 is 0 Å². The van der Waals surface area contributed by atoms with Crippen molar-refractivity contribution in [2.45, 2.75) is 13.0 Å². The first-order chi connectivity index (χ1) is 12.2. The molecule has 0 atom stereocenters. The standard InChI is InChI=1S/C20H21ClN4/c1-25(14-17-5-3-2-4-6-17)20-13-19(23-15-24-20)22-12-11-16-7-9-18(21)10-8-16/h2-10,13,15H,11-12,14H2,1H3,(H,22,23,24). The van der Waals surface area contributed by atoms with Crippen molar-refractivity contribution < 1.29 is 0 Å². The third kappa shape index (κ3) is 5.19. The van der Waals surface area contributed by atoms with Crippen LogP contribution in [0.25, 0.3) is 0 Å². The number of anilines is 2. The molecule has 1 N–H and O–H groups in total. The van der Waals surface area contributed by atoms with Crippen molar-refractivity contribution in [1.82, 2.24) is 9.97 Å². The number of hydrogen-bond donors (Lipinski definition) is 1. The second-order valence-electron chi connectivity index (χ2n) is 5.91. The van der Waals surface area contributed by atoms with E-state index in [1.165, 1.54) is 11.1 Å².